The summed E-state index contributed by atoms with van der Waals surface area (Å²) in [5.41, 5.74) is 6.05. The summed E-state index contributed by atoms with van der Waals surface area (Å²) in [5, 5.41) is 3.41. The first kappa shape index (κ1) is 15.5. The lowest BCUT2D eigenvalue weighted by Crippen LogP contribution is -2.20. The number of nitrogens with one attached hydrogen (secondary N) is 1. The molecule has 0 saturated heterocycles. The van der Waals surface area contributed by atoms with Gasteiger partial charge in [-0.3, -0.25) is 0 Å². The number of aryl methyl sites for hydroxylation is 3. The maximum Gasteiger partial charge on any atom is 0.137 e. The van der Waals surface area contributed by atoms with Crippen molar-refractivity contribution in [2.75, 3.05) is 18.5 Å². The number of pyridine rings is 1. The summed E-state index contributed by atoms with van der Waals surface area (Å²) in [4.78, 5) is 6.94. The minimum absolute atomic E-state index is 0.848. The molecular weight excluding hydrogens is 258 g/mol. The van der Waals surface area contributed by atoms with Crippen LogP contribution in [0.1, 0.15) is 29.3 Å². The van der Waals surface area contributed by atoms with Crippen LogP contribution in [0.15, 0.2) is 30.3 Å². The van der Waals surface area contributed by atoms with Crippen LogP contribution in [0.4, 0.5) is 11.5 Å². The Morgan fingerprint density at radius 2 is 1.76 bits per heavy atom. The fourth-order valence-corrected chi connectivity index (χ4v) is 2.48. The Labute approximate surface area is 128 Å². The van der Waals surface area contributed by atoms with Crippen LogP contribution in [-0.2, 0) is 6.54 Å². The lowest BCUT2D eigenvalue weighted by atomic mass is 10.1. The highest BCUT2D eigenvalue weighted by Gasteiger charge is 2.14. The summed E-state index contributed by atoms with van der Waals surface area (Å²) < 4.78 is 0. The van der Waals surface area contributed by atoms with E-state index in [0.717, 1.165) is 30.3 Å². The number of hydrogen-bond acceptors (Lipinski definition) is 3. The van der Waals surface area contributed by atoms with Crippen LogP contribution in [-0.4, -0.2) is 18.6 Å². The molecule has 112 valence electrons. The molecule has 21 heavy (non-hydrogen) atoms. The van der Waals surface area contributed by atoms with Crippen LogP contribution in [0.5, 0.6) is 0 Å². The van der Waals surface area contributed by atoms with Gasteiger partial charge >= 0.3 is 0 Å². The fourth-order valence-electron chi connectivity index (χ4n) is 2.48. The van der Waals surface area contributed by atoms with E-state index in [1.54, 1.807) is 0 Å². The predicted molar refractivity (Wildman–Crippen MR) is 90.3 cm³/mol. The van der Waals surface area contributed by atoms with E-state index in [-0.39, 0.29) is 0 Å². The van der Waals surface area contributed by atoms with Crippen LogP contribution in [0.3, 0.4) is 0 Å². The van der Waals surface area contributed by atoms with Crippen molar-refractivity contribution in [2.24, 2.45) is 0 Å². The first-order chi connectivity index (χ1) is 10.0. The smallest absolute Gasteiger partial charge is 0.137 e. The third-order valence-electron chi connectivity index (χ3n) is 3.74. The van der Waals surface area contributed by atoms with Gasteiger partial charge < -0.3 is 10.2 Å². The van der Waals surface area contributed by atoms with Gasteiger partial charge in [-0.25, -0.2) is 4.98 Å². The van der Waals surface area contributed by atoms with Crippen LogP contribution in [0.25, 0.3) is 0 Å². The molecular formula is C18H25N3. The Morgan fingerprint density at radius 1 is 1.10 bits per heavy atom. The third-order valence-corrected chi connectivity index (χ3v) is 3.74. The molecule has 3 nitrogen and oxygen atoms in total. The minimum atomic E-state index is 0.848. The molecule has 0 amide bonds. The first-order valence-corrected chi connectivity index (χ1v) is 7.51. The van der Waals surface area contributed by atoms with Crippen molar-refractivity contribution >= 4 is 11.5 Å². The van der Waals surface area contributed by atoms with E-state index < -0.39 is 0 Å². The average Bonchev–Trinajstić information content (AvgIpc) is 2.46. The summed E-state index contributed by atoms with van der Waals surface area (Å²) >= 11 is 0. The highest BCUT2D eigenvalue weighted by atomic mass is 15.2. The van der Waals surface area contributed by atoms with Gasteiger partial charge in [0.25, 0.3) is 0 Å². The van der Waals surface area contributed by atoms with Crippen LogP contribution in [0, 0.1) is 20.8 Å². The molecule has 0 radical (unpaired) electrons. The molecule has 0 bridgehead atoms. The topological polar surface area (TPSA) is 28.2 Å². The molecule has 0 unspecified atom stereocenters. The van der Waals surface area contributed by atoms with Crippen molar-refractivity contribution in [3.05, 3.63) is 52.7 Å². The largest absolute Gasteiger partial charge is 0.329 e. The van der Waals surface area contributed by atoms with E-state index in [1.165, 1.54) is 16.7 Å². The Balaban J connectivity index is 2.43. The molecule has 1 heterocycles. The number of anilines is 2. The Hall–Kier alpha value is -1.87. The Morgan fingerprint density at radius 3 is 2.38 bits per heavy atom. The van der Waals surface area contributed by atoms with Crippen molar-refractivity contribution in [3.63, 3.8) is 0 Å². The summed E-state index contributed by atoms with van der Waals surface area (Å²) in [5.74, 6) is 1.04. The van der Waals surface area contributed by atoms with Gasteiger partial charge in [0, 0.05) is 30.5 Å². The number of nitrogens with zero attached hydrogens (tertiary/aromatic N) is 2. The van der Waals surface area contributed by atoms with Crippen molar-refractivity contribution in [1.29, 1.82) is 0 Å². The molecule has 0 aliphatic carbocycles. The maximum absolute atomic E-state index is 4.77. The molecule has 0 aliphatic rings. The lowest BCUT2D eigenvalue weighted by Gasteiger charge is -2.23. The lowest BCUT2D eigenvalue weighted by molar-refractivity contribution is 0.719. The van der Waals surface area contributed by atoms with Gasteiger partial charge in [-0.05, 0) is 51.1 Å². The van der Waals surface area contributed by atoms with Gasteiger partial charge in [-0.1, -0.05) is 24.6 Å². The van der Waals surface area contributed by atoms with Crippen molar-refractivity contribution < 1.29 is 0 Å². The molecule has 0 aliphatic heterocycles. The second-order valence-corrected chi connectivity index (χ2v) is 5.56. The van der Waals surface area contributed by atoms with Gasteiger partial charge in [0.2, 0.25) is 0 Å². The predicted octanol–water partition coefficient (Wildman–Crippen LogP) is 3.88. The normalized spacial score (nSPS) is 10.7. The molecule has 0 saturated carbocycles. The Bertz CT molecular complexity index is 603. The summed E-state index contributed by atoms with van der Waals surface area (Å²) in [6.45, 7) is 10.3. The van der Waals surface area contributed by atoms with E-state index in [4.69, 9.17) is 4.98 Å². The fraction of sp³-hybridized carbons (Fsp3) is 0.389. The molecule has 1 aromatic heterocycles. The summed E-state index contributed by atoms with van der Waals surface area (Å²) in [6, 6.07) is 10.7. The molecule has 0 spiro atoms. The monoisotopic (exact) mass is 283 g/mol. The molecule has 0 atom stereocenters. The zero-order valence-electron chi connectivity index (χ0n) is 13.7. The number of rotatable bonds is 5. The highest BCUT2D eigenvalue weighted by molar-refractivity contribution is 5.64. The average molecular weight is 283 g/mol. The van der Waals surface area contributed by atoms with Gasteiger partial charge in [-0.2, -0.15) is 0 Å². The molecule has 1 aromatic carbocycles. The van der Waals surface area contributed by atoms with Crippen molar-refractivity contribution in [3.8, 4) is 0 Å². The standard InChI is InChI=1S/C18H25N3/c1-6-19-12-17-14(3)11-15(4)20-18(17)21(5)16-9-7-13(2)8-10-16/h7-11,19H,6,12H2,1-5H3. The number of aromatic nitrogens is 1. The minimum Gasteiger partial charge on any atom is -0.329 e. The molecule has 1 N–H and O–H groups in total. The van der Waals surface area contributed by atoms with Crippen molar-refractivity contribution in [1.82, 2.24) is 10.3 Å². The van der Waals surface area contributed by atoms with Crippen LogP contribution >= 0.6 is 0 Å². The summed E-state index contributed by atoms with van der Waals surface area (Å²) in [7, 11) is 2.08. The van der Waals surface area contributed by atoms with E-state index >= 15 is 0 Å². The van der Waals surface area contributed by atoms with Gasteiger partial charge in [-0.15, -0.1) is 0 Å². The van der Waals surface area contributed by atoms with Crippen LogP contribution in [0.2, 0.25) is 0 Å². The van der Waals surface area contributed by atoms with Gasteiger partial charge in [0.15, 0.2) is 0 Å². The quantitative estimate of drug-likeness (QED) is 0.902. The van der Waals surface area contributed by atoms with Crippen molar-refractivity contribution in [2.45, 2.75) is 34.2 Å². The van der Waals surface area contributed by atoms with E-state index in [1.807, 2.05) is 0 Å². The summed E-state index contributed by atoms with van der Waals surface area (Å²) in [6.07, 6.45) is 0. The van der Waals surface area contributed by atoms with E-state index in [2.05, 4.69) is 75.3 Å². The first-order valence-electron chi connectivity index (χ1n) is 7.51. The molecule has 0 fully saturated rings. The molecule has 2 aromatic rings. The second kappa shape index (κ2) is 6.72. The third kappa shape index (κ3) is 3.61. The van der Waals surface area contributed by atoms with Gasteiger partial charge in [0.05, 0.1) is 0 Å². The Kier molecular flexibility index (Phi) is 4.97. The van der Waals surface area contributed by atoms with E-state index in [0.29, 0.717) is 0 Å². The molecule has 3 heteroatoms. The highest BCUT2D eigenvalue weighted by Crippen LogP contribution is 2.28. The van der Waals surface area contributed by atoms with E-state index in [9.17, 15) is 0 Å². The SMILES string of the molecule is CCNCc1c(C)cc(C)nc1N(C)c1ccc(C)cc1. The molecule has 2 rings (SSSR count). The zero-order valence-corrected chi connectivity index (χ0v) is 13.7. The number of hydrogen-bond donors (Lipinski definition) is 1. The zero-order chi connectivity index (χ0) is 15.4. The van der Waals surface area contributed by atoms with Gasteiger partial charge in [0.1, 0.15) is 5.82 Å². The van der Waals surface area contributed by atoms with Crippen LogP contribution < -0.4 is 10.2 Å². The second-order valence-electron chi connectivity index (χ2n) is 5.56. The number of benzene rings is 1. The maximum atomic E-state index is 4.77.